The molecule has 0 atom stereocenters. The van der Waals surface area contributed by atoms with E-state index in [2.05, 4.69) is 10.1 Å². The van der Waals surface area contributed by atoms with Crippen LogP contribution < -0.4 is 5.56 Å². The maximum absolute atomic E-state index is 12.1. The average Bonchev–Trinajstić information content (AvgIpc) is 2.92. The fourth-order valence-electron chi connectivity index (χ4n) is 2.30. The van der Waals surface area contributed by atoms with Gasteiger partial charge >= 0.3 is 0 Å². The maximum atomic E-state index is 12.1. The van der Waals surface area contributed by atoms with E-state index in [0.29, 0.717) is 22.3 Å². The van der Waals surface area contributed by atoms with Gasteiger partial charge in [0.2, 0.25) is 0 Å². The van der Waals surface area contributed by atoms with Crippen LogP contribution in [0.5, 0.6) is 0 Å². The first-order valence-electron chi connectivity index (χ1n) is 6.76. The summed E-state index contributed by atoms with van der Waals surface area (Å²) in [5.41, 5.74) is 2.88. The SMILES string of the molecule is CSc1nc(-c2c(-c3ccccc3)noc2C)cc(=O)n1C. The van der Waals surface area contributed by atoms with Gasteiger partial charge < -0.3 is 4.52 Å². The molecule has 2 aromatic heterocycles. The second kappa shape index (κ2) is 5.81. The molecule has 112 valence electrons. The molecule has 1 aromatic carbocycles. The Morgan fingerprint density at radius 1 is 1.23 bits per heavy atom. The third-order valence-electron chi connectivity index (χ3n) is 3.44. The molecule has 0 unspecified atom stereocenters. The molecule has 0 spiro atoms. The van der Waals surface area contributed by atoms with Crippen molar-refractivity contribution < 1.29 is 4.52 Å². The molecule has 0 amide bonds. The van der Waals surface area contributed by atoms with E-state index in [9.17, 15) is 4.79 Å². The number of nitrogens with zero attached hydrogens (tertiary/aromatic N) is 3. The summed E-state index contributed by atoms with van der Waals surface area (Å²) in [6.07, 6.45) is 1.89. The molecule has 0 aliphatic carbocycles. The van der Waals surface area contributed by atoms with Crippen LogP contribution in [0.25, 0.3) is 22.5 Å². The first kappa shape index (κ1) is 14.6. The predicted octanol–water partition coefficient (Wildman–Crippen LogP) is 3.13. The Morgan fingerprint density at radius 2 is 1.95 bits per heavy atom. The number of aryl methyl sites for hydroxylation is 1. The van der Waals surface area contributed by atoms with Crippen molar-refractivity contribution in [3.05, 3.63) is 52.5 Å². The van der Waals surface area contributed by atoms with E-state index in [4.69, 9.17) is 4.52 Å². The zero-order valence-corrected chi connectivity index (χ0v) is 13.3. The standard InChI is InChI=1S/C16H15N3O2S/c1-10-14(12-9-13(20)19(2)16(17-12)22-3)15(18-21-10)11-7-5-4-6-8-11/h4-9H,1-3H3. The van der Waals surface area contributed by atoms with Crippen LogP contribution in [0.1, 0.15) is 5.76 Å². The van der Waals surface area contributed by atoms with Gasteiger partial charge in [0.25, 0.3) is 5.56 Å². The molecule has 0 radical (unpaired) electrons. The highest BCUT2D eigenvalue weighted by Crippen LogP contribution is 2.33. The summed E-state index contributed by atoms with van der Waals surface area (Å²) in [6, 6.07) is 11.3. The number of hydrogen-bond acceptors (Lipinski definition) is 5. The summed E-state index contributed by atoms with van der Waals surface area (Å²) in [5, 5.41) is 4.79. The molecular formula is C16H15N3O2S. The summed E-state index contributed by atoms with van der Waals surface area (Å²) in [6.45, 7) is 1.83. The minimum absolute atomic E-state index is 0.103. The van der Waals surface area contributed by atoms with Crippen molar-refractivity contribution in [1.82, 2.24) is 14.7 Å². The highest BCUT2D eigenvalue weighted by Gasteiger charge is 2.19. The number of thioether (sulfide) groups is 1. The largest absolute Gasteiger partial charge is 0.360 e. The number of hydrogen-bond donors (Lipinski definition) is 0. The van der Waals surface area contributed by atoms with Crippen LogP contribution in [0.2, 0.25) is 0 Å². The van der Waals surface area contributed by atoms with Gasteiger partial charge in [-0.1, -0.05) is 47.3 Å². The van der Waals surface area contributed by atoms with E-state index >= 15 is 0 Å². The summed E-state index contributed by atoms with van der Waals surface area (Å²) >= 11 is 1.43. The van der Waals surface area contributed by atoms with Gasteiger partial charge in [-0.15, -0.1) is 0 Å². The lowest BCUT2D eigenvalue weighted by Gasteiger charge is -2.07. The van der Waals surface area contributed by atoms with Crippen molar-refractivity contribution in [3.8, 4) is 22.5 Å². The van der Waals surface area contributed by atoms with Gasteiger partial charge in [0, 0.05) is 18.7 Å². The van der Waals surface area contributed by atoms with Crippen LogP contribution in [0.15, 0.2) is 50.9 Å². The van der Waals surface area contributed by atoms with Crippen molar-refractivity contribution >= 4 is 11.8 Å². The third kappa shape index (κ3) is 2.46. The molecule has 0 aliphatic heterocycles. The lowest BCUT2D eigenvalue weighted by molar-refractivity contribution is 0.400. The molecule has 2 heterocycles. The van der Waals surface area contributed by atoms with Crippen molar-refractivity contribution in [2.24, 2.45) is 7.05 Å². The molecule has 0 fully saturated rings. The number of benzene rings is 1. The first-order chi connectivity index (χ1) is 10.6. The van der Waals surface area contributed by atoms with Gasteiger partial charge in [-0.2, -0.15) is 0 Å². The first-order valence-corrected chi connectivity index (χ1v) is 7.98. The molecule has 3 aromatic rings. The van der Waals surface area contributed by atoms with Crippen LogP contribution in [-0.2, 0) is 7.05 Å². The lowest BCUT2D eigenvalue weighted by atomic mass is 10.0. The van der Waals surface area contributed by atoms with Gasteiger partial charge in [0.1, 0.15) is 11.5 Å². The average molecular weight is 313 g/mol. The monoisotopic (exact) mass is 313 g/mol. The molecule has 5 nitrogen and oxygen atoms in total. The molecular weight excluding hydrogens is 298 g/mol. The van der Waals surface area contributed by atoms with Gasteiger partial charge in [-0.3, -0.25) is 9.36 Å². The summed E-state index contributed by atoms with van der Waals surface area (Å²) in [7, 11) is 1.71. The van der Waals surface area contributed by atoms with Gasteiger partial charge in [0.15, 0.2) is 5.16 Å². The van der Waals surface area contributed by atoms with Crippen LogP contribution in [0.3, 0.4) is 0 Å². The van der Waals surface area contributed by atoms with Crippen LogP contribution in [-0.4, -0.2) is 21.0 Å². The van der Waals surface area contributed by atoms with E-state index in [0.717, 1.165) is 11.1 Å². The molecule has 0 bridgehead atoms. The zero-order chi connectivity index (χ0) is 15.7. The minimum Gasteiger partial charge on any atom is -0.360 e. The molecule has 0 saturated heterocycles. The van der Waals surface area contributed by atoms with E-state index < -0.39 is 0 Å². The van der Waals surface area contributed by atoms with Crippen molar-refractivity contribution in [1.29, 1.82) is 0 Å². The van der Waals surface area contributed by atoms with E-state index in [1.54, 1.807) is 7.05 Å². The van der Waals surface area contributed by atoms with E-state index in [1.165, 1.54) is 22.4 Å². The number of rotatable bonds is 3. The Bertz CT molecular complexity index is 869. The molecule has 6 heteroatoms. The summed E-state index contributed by atoms with van der Waals surface area (Å²) in [4.78, 5) is 16.7. The maximum Gasteiger partial charge on any atom is 0.254 e. The molecule has 3 rings (SSSR count). The number of aromatic nitrogens is 3. The van der Waals surface area contributed by atoms with Crippen LogP contribution in [0, 0.1) is 6.92 Å². The van der Waals surface area contributed by atoms with Crippen molar-refractivity contribution in [3.63, 3.8) is 0 Å². The Balaban J connectivity index is 2.24. The van der Waals surface area contributed by atoms with Gasteiger partial charge in [0.05, 0.1) is 11.3 Å². The second-order valence-electron chi connectivity index (χ2n) is 4.85. The fourth-order valence-corrected chi connectivity index (χ4v) is 2.85. The van der Waals surface area contributed by atoms with Gasteiger partial charge in [-0.25, -0.2) is 4.98 Å². The molecule has 0 N–H and O–H groups in total. The normalized spacial score (nSPS) is 10.9. The quantitative estimate of drug-likeness (QED) is 0.549. The van der Waals surface area contributed by atoms with Gasteiger partial charge in [-0.05, 0) is 13.2 Å². The Labute approximate surface area is 132 Å². The zero-order valence-electron chi connectivity index (χ0n) is 12.5. The van der Waals surface area contributed by atoms with E-state index in [-0.39, 0.29) is 5.56 Å². The van der Waals surface area contributed by atoms with Crippen molar-refractivity contribution in [2.45, 2.75) is 12.1 Å². The minimum atomic E-state index is -0.103. The van der Waals surface area contributed by atoms with E-state index in [1.807, 2.05) is 43.5 Å². The third-order valence-corrected chi connectivity index (χ3v) is 4.17. The van der Waals surface area contributed by atoms with Crippen molar-refractivity contribution in [2.75, 3.05) is 6.26 Å². The Kier molecular flexibility index (Phi) is 3.85. The molecule has 0 aliphatic rings. The predicted molar refractivity (Wildman–Crippen MR) is 86.9 cm³/mol. The molecule has 22 heavy (non-hydrogen) atoms. The summed E-state index contributed by atoms with van der Waals surface area (Å²) < 4.78 is 6.87. The Morgan fingerprint density at radius 3 is 2.64 bits per heavy atom. The van der Waals surface area contributed by atoms with Crippen LogP contribution >= 0.6 is 11.8 Å². The second-order valence-corrected chi connectivity index (χ2v) is 5.63. The highest BCUT2D eigenvalue weighted by atomic mass is 32.2. The Hall–Kier alpha value is -2.34. The molecule has 0 saturated carbocycles. The topological polar surface area (TPSA) is 60.9 Å². The fraction of sp³-hybridized carbons (Fsp3) is 0.188. The smallest absolute Gasteiger partial charge is 0.254 e. The highest BCUT2D eigenvalue weighted by molar-refractivity contribution is 7.98. The summed E-state index contributed by atoms with van der Waals surface area (Å²) in [5.74, 6) is 0.645. The lowest BCUT2D eigenvalue weighted by Crippen LogP contribution is -2.19. The van der Waals surface area contributed by atoms with Crippen LogP contribution in [0.4, 0.5) is 0 Å².